The van der Waals surface area contributed by atoms with Crippen LogP contribution in [-0.4, -0.2) is 80.4 Å². The first kappa shape index (κ1) is 29.7. The van der Waals surface area contributed by atoms with Gasteiger partial charge in [0, 0.05) is 56.3 Å². The first-order chi connectivity index (χ1) is 20.9. The summed E-state index contributed by atoms with van der Waals surface area (Å²) in [5, 5.41) is 3.77. The minimum Gasteiger partial charge on any atom is -0.491 e. The fraction of sp³-hybridized carbons (Fsp3) is 0.387. The third kappa shape index (κ3) is 6.02. The zero-order chi connectivity index (χ0) is 31.2. The summed E-state index contributed by atoms with van der Waals surface area (Å²) in [4.78, 5) is 27.4. The van der Waals surface area contributed by atoms with Gasteiger partial charge in [-0.3, -0.25) is 9.52 Å². The van der Waals surface area contributed by atoms with Crippen LogP contribution in [-0.2, 0) is 22.5 Å². The van der Waals surface area contributed by atoms with Crippen molar-refractivity contribution in [1.82, 2.24) is 19.4 Å². The van der Waals surface area contributed by atoms with E-state index in [2.05, 4.69) is 43.8 Å². The van der Waals surface area contributed by atoms with Crippen molar-refractivity contribution < 1.29 is 22.7 Å². The molecule has 0 bridgehead atoms. The van der Waals surface area contributed by atoms with Crippen LogP contribution in [0.15, 0.2) is 48.7 Å². The minimum atomic E-state index is -3.65. The van der Waals surface area contributed by atoms with Crippen LogP contribution in [0.4, 0.5) is 17.3 Å². The van der Waals surface area contributed by atoms with Gasteiger partial charge < -0.3 is 29.2 Å². The van der Waals surface area contributed by atoms with Crippen LogP contribution >= 0.6 is 0 Å². The normalized spacial score (nSPS) is 16.5. The monoisotopic (exact) mass is 619 g/mol. The molecule has 44 heavy (non-hydrogen) atoms. The molecule has 13 heteroatoms. The highest BCUT2D eigenvalue weighted by Gasteiger charge is 2.41. The summed E-state index contributed by atoms with van der Waals surface area (Å²) in [6, 6.07) is 13.0. The number of aromatic nitrogens is 3. The molecule has 1 aromatic carbocycles. The van der Waals surface area contributed by atoms with E-state index in [1.54, 1.807) is 22.9 Å². The number of para-hydroxylation sites is 1. The summed E-state index contributed by atoms with van der Waals surface area (Å²) in [5.41, 5.74) is 1.96. The summed E-state index contributed by atoms with van der Waals surface area (Å²) in [7, 11) is 1.69. The van der Waals surface area contributed by atoms with Gasteiger partial charge in [0.25, 0.3) is 5.91 Å². The highest BCUT2D eigenvalue weighted by Crippen LogP contribution is 2.49. The lowest BCUT2D eigenvalue weighted by Gasteiger charge is -2.33. The standard InChI is InChI=1S/C31H37N7O5S/c1-31(10-11-31)25-19-22(28(42-4)29(34-25)35-44(5,40)41)33-30(39)23-17-20-7-6-8-24(27(20)37(23)3)43-21-9-12-32-26(18-21)38-15-13-36(2)14-16-38/h6-9,12,17-19H,10-11,13-16H2,1-5H3,(H2,33,34,35,39). The molecule has 1 amide bonds. The van der Waals surface area contributed by atoms with Crippen molar-refractivity contribution in [3.05, 3.63) is 60.0 Å². The molecule has 12 nitrogen and oxygen atoms in total. The Kier molecular flexibility index (Phi) is 7.62. The van der Waals surface area contributed by atoms with Crippen molar-refractivity contribution in [1.29, 1.82) is 0 Å². The maximum Gasteiger partial charge on any atom is 0.272 e. The molecule has 2 fully saturated rings. The molecule has 2 aliphatic rings. The Morgan fingerprint density at radius 2 is 1.80 bits per heavy atom. The molecule has 0 unspecified atom stereocenters. The van der Waals surface area contributed by atoms with Gasteiger partial charge in [-0.25, -0.2) is 18.4 Å². The molecule has 1 aliphatic heterocycles. The molecule has 0 atom stereocenters. The zero-order valence-electron chi connectivity index (χ0n) is 25.5. The van der Waals surface area contributed by atoms with Gasteiger partial charge in [-0.1, -0.05) is 19.1 Å². The summed E-state index contributed by atoms with van der Waals surface area (Å²) < 4.78 is 40.3. The van der Waals surface area contributed by atoms with Crippen molar-refractivity contribution >= 4 is 44.2 Å². The number of piperazine rings is 1. The highest BCUT2D eigenvalue weighted by atomic mass is 32.2. The molecule has 6 rings (SSSR count). The van der Waals surface area contributed by atoms with E-state index in [4.69, 9.17) is 9.47 Å². The molecule has 0 spiro atoms. The Hall–Kier alpha value is -4.36. The number of ether oxygens (including phenoxy) is 2. The number of fused-ring (bicyclic) bond motifs is 1. The molecule has 1 saturated heterocycles. The van der Waals surface area contributed by atoms with Crippen LogP contribution in [0, 0.1) is 0 Å². The third-order valence-electron chi connectivity index (χ3n) is 8.35. The molecule has 1 saturated carbocycles. The van der Waals surface area contributed by atoms with Crippen LogP contribution in [0.1, 0.15) is 35.9 Å². The lowest BCUT2D eigenvalue weighted by Crippen LogP contribution is -2.44. The maximum atomic E-state index is 13.8. The Morgan fingerprint density at radius 1 is 1.05 bits per heavy atom. The van der Waals surface area contributed by atoms with Crippen molar-refractivity contribution in [3.8, 4) is 17.2 Å². The lowest BCUT2D eigenvalue weighted by atomic mass is 10.0. The molecule has 3 aromatic heterocycles. The van der Waals surface area contributed by atoms with E-state index in [0.29, 0.717) is 28.6 Å². The average Bonchev–Trinajstić information content (AvgIpc) is 3.64. The maximum absolute atomic E-state index is 13.8. The number of benzene rings is 1. The number of anilines is 3. The molecule has 2 N–H and O–H groups in total. The molecule has 1 aliphatic carbocycles. The number of nitrogens with zero attached hydrogens (tertiary/aromatic N) is 5. The predicted molar refractivity (Wildman–Crippen MR) is 171 cm³/mol. The predicted octanol–water partition coefficient (Wildman–Crippen LogP) is 4.20. The molecular formula is C31H37N7O5S. The summed E-state index contributed by atoms with van der Waals surface area (Å²) >= 11 is 0. The number of methoxy groups -OCH3 is 1. The number of nitrogens with one attached hydrogen (secondary N) is 2. The van der Waals surface area contributed by atoms with E-state index in [1.807, 2.05) is 37.4 Å². The second-order valence-corrected chi connectivity index (χ2v) is 13.6. The average molecular weight is 620 g/mol. The minimum absolute atomic E-state index is 0.0388. The van der Waals surface area contributed by atoms with Crippen LogP contribution < -0.4 is 24.4 Å². The number of likely N-dealkylation sites (N-methyl/N-ethyl adjacent to an activating group) is 1. The smallest absolute Gasteiger partial charge is 0.272 e. The fourth-order valence-electron chi connectivity index (χ4n) is 5.49. The molecular weight excluding hydrogens is 582 g/mol. The Morgan fingerprint density at radius 3 is 2.48 bits per heavy atom. The number of sulfonamides is 1. The largest absolute Gasteiger partial charge is 0.491 e. The van der Waals surface area contributed by atoms with Crippen molar-refractivity contribution in [2.75, 3.05) is 61.5 Å². The number of carbonyl (C=O) groups excluding carboxylic acids is 1. The van der Waals surface area contributed by atoms with E-state index >= 15 is 0 Å². The van der Waals surface area contributed by atoms with Gasteiger partial charge in [0.15, 0.2) is 17.3 Å². The van der Waals surface area contributed by atoms with Crippen molar-refractivity contribution in [2.24, 2.45) is 7.05 Å². The molecule has 0 radical (unpaired) electrons. The Bertz CT molecular complexity index is 1840. The molecule has 232 valence electrons. The SMILES string of the molecule is COc1c(NC(=O)c2cc3cccc(Oc4ccnc(N5CCN(C)CC5)c4)c3n2C)cc(C2(C)CC2)nc1NS(C)(=O)=O. The quantitative estimate of drug-likeness (QED) is 0.283. The van der Waals surface area contributed by atoms with Gasteiger partial charge in [-0.05, 0) is 44.2 Å². The van der Waals surface area contributed by atoms with Crippen LogP contribution in [0.25, 0.3) is 10.9 Å². The van der Waals surface area contributed by atoms with Crippen LogP contribution in [0.5, 0.6) is 17.2 Å². The fourth-order valence-corrected chi connectivity index (χ4v) is 5.98. The molecule has 4 aromatic rings. The second kappa shape index (κ2) is 11.3. The summed E-state index contributed by atoms with van der Waals surface area (Å²) in [6.07, 6.45) is 4.63. The van der Waals surface area contributed by atoms with Gasteiger partial charge in [0.1, 0.15) is 17.3 Å². The van der Waals surface area contributed by atoms with Gasteiger partial charge >= 0.3 is 0 Å². The molecule has 4 heterocycles. The second-order valence-electron chi connectivity index (χ2n) is 11.9. The van der Waals surface area contributed by atoms with E-state index in [1.165, 1.54) is 7.11 Å². The van der Waals surface area contributed by atoms with E-state index in [9.17, 15) is 13.2 Å². The lowest BCUT2D eigenvalue weighted by molar-refractivity contribution is 0.101. The van der Waals surface area contributed by atoms with Crippen LogP contribution in [0.3, 0.4) is 0 Å². The van der Waals surface area contributed by atoms with Gasteiger partial charge in [-0.15, -0.1) is 0 Å². The van der Waals surface area contributed by atoms with E-state index < -0.39 is 15.9 Å². The number of carbonyl (C=O) groups is 1. The zero-order valence-corrected chi connectivity index (χ0v) is 26.4. The number of rotatable bonds is 9. The van der Waals surface area contributed by atoms with E-state index in [-0.39, 0.29) is 17.0 Å². The van der Waals surface area contributed by atoms with Gasteiger partial charge in [0.05, 0.1) is 30.3 Å². The van der Waals surface area contributed by atoms with Crippen molar-refractivity contribution in [3.63, 3.8) is 0 Å². The number of amides is 1. The summed E-state index contributed by atoms with van der Waals surface area (Å²) in [5.74, 6) is 1.90. The van der Waals surface area contributed by atoms with E-state index in [0.717, 1.165) is 62.0 Å². The number of hydrogen-bond donors (Lipinski definition) is 2. The number of aryl methyl sites for hydroxylation is 1. The van der Waals surface area contributed by atoms with Crippen molar-refractivity contribution in [2.45, 2.75) is 25.2 Å². The van der Waals surface area contributed by atoms with Gasteiger partial charge in [0.2, 0.25) is 10.0 Å². The third-order valence-corrected chi connectivity index (χ3v) is 8.91. The highest BCUT2D eigenvalue weighted by molar-refractivity contribution is 7.92. The first-order valence-electron chi connectivity index (χ1n) is 14.5. The number of hydrogen-bond acceptors (Lipinski definition) is 9. The summed E-state index contributed by atoms with van der Waals surface area (Å²) in [6.45, 7) is 5.80. The Labute approximate surface area is 257 Å². The van der Waals surface area contributed by atoms with Crippen LogP contribution in [0.2, 0.25) is 0 Å². The first-order valence-corrected chi connectivity index (χ1v) is 16.4. The Balaban J connectivity index is 1.30. The van der Waals surface area contributed by atoms with Gasteiger partial charge in [-0.2, -0.15) is 0 Å². The number of pyridine rings is 2. The topological polar surface area (TPSA) is 131 Å².